The smallest absolute Gasteiger partial charge is 0.407 e. The number of carbonyl (C=O) groups is 1. The van der Waals surface area contributed by atoms with Crippen molar-refractivity contribution in [2.75, 3.05) is 20.3 Å². The van der Waals surface area contributed by atoms with Crippen LogP contribution < -0.4 is 10.1 Å². The Hall–Kier alpha value is -3.73. The minimum atomic E-state index is -0.431. The first-order chi connectivity index (χ1) is 15.2. The molecule has 3 aromatic carbocycles. The van der Waals surface area contributed by atoms with Crippen LogP contribution in [0.1, 0.15) is 29.0 Å². The second-order valence-electron chi connectivity index (χ2n) is 7.34. The van der Waals surface area contributed by atoms with E-state index in [9.17, 15) is 9.90 Å². The molecule has 1 amide bonds. The molecule has 0 unspecified atom stereocenters. The van der Waals surface area contributed by atoms with Crippen LogP contribution in [-0.4, -0.2) is 31.5 Å². The Labute approximate surface area is 182 Å². The lowest BCUT2D eigenvalue weighted by atomic mass is 9.98. The van der Waals surface area contributed by atoms with Gasteiger partial charge in [-0.25, -0.2) is 4.79 Å². The van der Waals surface area contributed by atoms with E-state index < -0.39 is 6.09 Å². The van der Waals surface area contributed by atoms with Crippen molar-refractivity contribution >= 4 is 12.2 Å². The molecule has 0 atom stereocenters. The van der Waals surface area contributed by atoms with Gasteiger partial charge in [0.15, 0.2) is 11.5 Å². The Bertz CT molecular complexity index is 1060. The Morgan fingerprint density at radius 1 is 1.00 bits per heavy atom. The summed E-state index contributed by atoms with van der Waals surface area (Å²) < 4.78 is 10.6. The van der Waals surface area contributed by atoms with E-state index in [0.717, 1.165) is 0 Å². The molecule has 3 aromatic rings. The molecule has 5 heteroatoms. The largest absolute Gasteiger partial charge is 0.504 e. The van der Waals surface area contributed by atoms with Gasteiger partial charge in [0.2, 0.25) is 0 Å². The minimum absolute atomic E-state index is 0.0501. The quantitative estimate of drug-likeness (QED) is 0.511. The molecule has 0 fully saturated rings. The number of nitrogens with one attached hydrogen (secondary N) is 1. The summed E-state index contributed by atoms with van der Waals surface area (Å²) in [6.45, 7) is 0.741. The molecule has 0 aliphatic heterocycles. The van der Waals surface area contributed by atoms with Crippen LogP contribution in [0.3, 0.4) is 0 Å². The molecule has 0 saturated heterocycles. The molecule has 0 heterocycles. The number of para-hydroxylation sites is 1. The molecule has 31 heavy (non-hydrogen) atoms. The third kappa shape index (κ3) is 4.40. The molecule has 0 aromatic heterocycles. The fourth-order valence-electron chi connectivity index (χ4n) is 3.96. The Kier molecular flexibility index (Phi) is 6.22. The molecular formula is C26H25NO4. The van der Waals surface area contributed by atoms with Crippen LogP contribution in [0.5, 0.6) is 11.5 Å². The van der Waals surface area contributed by atoms with Gasteiger partial charge in [0.25, 0.3) is 0 Å². The summed E-state index contributed by atoms with van der Waals surface area (Å²) in [4.78, 5) is 12.2. The number of benzene rings is 3. The van der Waals surface area contributed by atoms with Crippen molar-refractivity contribution in [2.45, 2.75) is 12.3 Å². The highest BCUT2D eigenvalue weighted by Crippen LogP contribution is 2.44. The van der Waals surface area contributed by atoms with Gasteiger partial charge in [0, 0.05) is 18.0 Å². The molecule has 0 saturated carbocycles. The lowest BCUT2D eigenvalue weighted by molar-refractivity contribution is 0.143. The molecule has 5 nitrogen and oxygen atoms in total. The molecule has 2 N–H and O–H groups in total. The standard InChI is InChI=1S/C26H25NO4/c1-30-24-15-8-10-18(25(24)28)9-6-7-16-27-26(29)31-17-23-21-13-4-2-11-19(21)20-12-3-5-14-22(20)23/h2-6,8-15,23,28H,7,16-17H2,1H3,(H,27,29). The first-order valence-corrected chi connectivity index (χ1v) is 10.3. The van der Waals surface area contributed by atoms with Gasteiger partial charge in [-0.2, -0.15) is 0 Å². The summed E-state index contributed by atoms with van der Waals surface area (Å²) in [5.74, 6) is 0.582. The number of hydrogen-bond donors (Lipinski definition) is 2. The summed E-state index contributed by atoms with van der Waals surface area (Å²) >= 11 is 0. The average Bonchev–Trinajstić information content (AvgIpc) is 3.12. The Balaban J connectivity index is 1.28. The summed E-state index contributed by atoms with van der Waals surface area (Å²) in [5.41, 5.74) is 5.46. The lowest BCUT2D eigenvalue weighted by Gasteiger charge is -2.14. The normalized spacial score (nSPS) is 12.4. The van der Waals surface area contributed by atoms with Crippen LogP contribution in [-0.2, 0) is 4.74 Å². The zero-order chi connectivity index (χ0) is 21.6. The number of carbonyl (C=O) groups excluding carboxylic acids is 1. The van der Waals surface area contributed by atoms with Gasteiger partial charge < -0.3 is 19.9 Å². The Morgan fingerprint density at radius 3 is 2.35 bits per heavy atom. The van der Waals surface area contributed by atoms with Gasteiger partial charge in [-0.15, -0.1) is 0 Å². The number of fused-ring (bicyclic) bond motifs is 3. The maximum absolute atomic E-state index is 12.2. The number of phenolic OH excluding ortho intramolecular Hbond substituents is 1. The van der Waals surface area contributed by atoms with E-state index in [1.165, 1.54) is 29.4 Å². The predicted molar refractivity (Wildman–Crippen MR) is 121 cm³/mol. The van der Waals surface area contributed by atoms with Crippen molar-refractivity contribution in [3.63, 3.8) is 0 Å². The number of aromatic hydroxyl groups is 1. The number of methoxy groups -OCH3 is 1. The van der Waals surface area contributed by atoms with Crippen molar-refractivity contribution in [3.05, 3.63) is 89.5 Å². The predicted octanol–water partition coefficient (Wildman–Crippen LogP) is 5.34. The average molecular weight is 415 g/mol. The van der Waals surface area contributed by atoms with Crippen LogP contribution in [0.15, 0.2) is 72.8 Å². The highest BCUT2D eigenvalue weighted by molar-refractivity contribution is 5.79. The number of phenols is 1. The van der Waals surface area contributed by atoms with Gasteiger partial charge in [0.1, 0.15) is 6.61 Å². The van der Waals surface area contributed by atoms with E-state index in [0.29, 0.717) is 30.9 Å². The van der Waals surface area contributed by atoms with Crippen LogP contribution >= 0.6 is 0 Å². The molecule has 158 valence electrons. The number of ether oxygens (including phenoxy) is 2. The molecular weight excluding hydrogens is 390 g/mol. The lowest BCUT2D eigenvalue weighted by Crippen LogP contribution is -2.26. The molecule has 0 radical (unpaired) electrons. The zero-order valence-electron chi connectivity index (χ0n) is 17.4. The maximum atomic E-state index is 12.2. The summed E-state index contributed by atoms with van der Waals surface area (Å²) in [6.07, 6.45) is 3.87. The van der Waals surface area contributed by atoms with Gasteiger partial charge in [-0.1, -0.05) is 72.8 Å². The van der Waals surface area contributed by atoms with Crippen LogP contribution in [0, 0.1) is 0 Å². The first kappa shape index (κ1) is 20.5. The number of amides is 1. The number of hydrogen-bond acceptors (Lipinski definition) is 4. The first-order valence-electron chi connectivity index (χ1n) is 10.3. The second-order valence-corrected chi connectivity index (χ2v) is 7.34. The van der Waals surface area contributed by atoms with Crippen LogP contribution in [0.25, 0.3) is 17.2 Å². The topological polar surface area (TPSA) is 67.8 Å². The van der Waals surface area contributed by atoms with Crippen molar-refractivity contribution in [1.29, 1.82) is 0 Å². The summed E-state index contributed by atoms with van der Waals surface area (Å²) in [6, 6.07) is 21.8. The number of alkyl carbamates (subject to hydrolysis) is 1. The molecule has 0 spiro atoms. The highest BCUT2D eigenvalue weighted by Gasteiger charge is 2.28. The minimum Gasteiger partial charge on any atom is -0.504 e. The summed E-state index contributed by atoms with van der Waals surface area (Å²) in [7, 11) is 1.51. The molecule has 0 bridgehead atoms. The fraction of sp³-hybridized carbons (Fsp3) is 0.192. The molecule has 4 rings (SSSR count). The van der Waals surface area contributed by atoms with E-state index in [4.69, 9.17) is 9.47 Å². The molecule has 1 aliphatic rings. The van der Waals surface area contributed by atoms with Gasteiger partial charge in [-0.05, 0) is 34.7 Å². The van der Waals surface area contributed by atoms with Crippen molar-refractivity contribution in [1.82, 2.24) is 5.32 Å². The van der Waals surface area contributed by atoms with Gasteiger partial charge >= 0.3 is 6.09 Å². The van der Waals surface area contributed by atoms with Gasteiger partial charge in [0.05, 0.1) is 7.11 Å². The van der Waals surface area contributed by atoms with Crippen LogP contribution in [0.2, 0.25) is 0 Å². The van der Waals surface area contributed by atoms with E-state index in [-0.39, 0.29) is 11.7 Å². The second kappa shape index (κ2) is 9.39. The van der Waals surface area contributed by atoms with Crippen molar-refractivity contribution in [2.24, 2.45) is 0 Å². The van der Waals surface area contributed by atoms with Crippen molar-refractivity contribution < 1.29 is 19.4 Å². The third-order valence-electron chi connectivity index (χ3n) is 5.47. The van der Waals surface area contributed by atoms with Crippen LogP contribution in [0.4, 0.5) is 4.79 Å². The zero-order valence-corrected chi connectivity index (χ0v) is 17.4. The van der Waals surface area contributed by atoms with E-state index >= 15 is 0 Å². The Morgan fingerprint density at radius 2 is 1.68 bits per heavy atom. The fourth-order valence-corrected chi connectivity index (χ4v) is 3.96. The third-order valence-corrected chi connectivity index (χ3v) is 5.47. The maximum Gasteiger partial charge on any atom is 0.407 e. The van der Waals surface area contributed by atoms with Crippen molar-refractivity contribution in [3.8, 4) is 22.6 Å². The summed E-state index contributed by atoms with van der Waals surface area (Å²) in [5, 5.41) is 12.9. The number of rotatable bonds is 7. The SMILES string of the molecule is COc1cccc(C=CCCNC(=O)OCC2c3ccccc3-c3ccccc32)c1O. The van der Waals surface area contributed by atoms with Gasteiger partial charge in [-0.3, -0.25) is 0 Å². The van der Waals surface area contributed by atoms with E-state index in [2.05, 4.69) is 29.6 Å². The monoisotopic (exact) mass is 415 g/mol. The highest BCUT2D eigenvalue weighted by atomic mass is 16.5. The molecule has 1 aliphatic carbocycles. The van der Waals surface area contributed by atoms with E-state index in [1.54, 1.807) is 18.2 Å². The van der Waals surface area contributed by atoms with E-state index in [1.807, 2.05) is 36.4 Å².